The van der Waals surface area contributed by atoms with Gasteiger partial charge in [0.1, 0.15) is 0 Å². The summed E-state index contributed by atoms with van der Waals surface area (Å²) in [6.07, 6.45) is 5.19. The second kappa shape index (κ2) is 5.13. The largest absolute Gasteiger partial charge is 0.352 e. The summed E-state index contributed by atoms with van der Waals surface area (Å²) in [5, 5.41) is 6.64. The molecule has 3 unspecified atom stereocenters. The van der Waals surface area contributed by atoms with Crippen molar-refractivity contribution in [2.75, 3.05) is 13.1 Å². The molecule has 0 bridgehead atoms. The summed E-state index contributed by atoms with van der Waals surface area (Å²) in [5.41, 5.74) is 3.41. The summed E-state index contributed by atoms with van der Waals surface area (Å²) in [5.74, 6) is 2.76. The monoisotopic (exact) mass is 284 g/mol. The van der Waals surface area contributed by atoms with E-state index in [1.165, 1.54) is 30.4 Å². The fourth-order valence-corrected chi connectivity index (χ4v) is 4.69. The lowest BCUT2D eigenvalue weighted by atomic mass is 9.91. The van der Waals surface area contributed by atoms with Crippen molar-refractivity contribution in [3.8, 4) is 0 Å². The molecule has 2 N–H and O–H groups in total. The molecule has 0 saturated heterocycles. The molecule has 1 aromatic rings. The molecule has 21 heavy (non-hydrogen) atoms. The van der Waals surface area contributed by atoms with Gasteiger partial charge in [0.05, 0.1) is 0 Å². The van der Waals surface area contributed by atoms with Crippen molar-refractivity contribution in [1.82, 2.24) is 10.6 Å². The first kappa shape index (κ1) is 13.3. The Labute approximate surface area is 126 Å². The molecule has 2 aliphatic carbocycles. The first-order valence-electron chi connectivity index (χ1n) is 8.44. The molecule has 1 heterocycles. The quantitative estimate of drug-likeness (QED) is 0.892. The lowest BCUT2D eigenvalue weighted by molar-refractivity contribution is 0.0946. The summed E-state index contributed by atoms with van der Waals surface area (Å²) in [4.78, 5) is 12.1. The van der Waals surface area contributed by atoms with Gasteiger partial charge in [0, 0.05) is 18.2 Å². The van der Waals surface area contributed by atoms with Gasteiger partial charge >= 0.3 is 0 Å². The fourth-order valence-electron chi connectivity index (χ4n) is 4.69. The Bertz CT molecular complexity index is 558. The van der Waals surface area contributed by atoms with Gasteiger partial charge in [0.25, 0.3) is 5.91 Å². The second-order valence-corrected chi connectivity index (χ2v) is 6.79. The molecular weight excluding hydrogens is 260 g/mol. The normalized spacial score (nSPS) is 31.3. The zero-order chi connectivity index (χ0) is 14.4. The van der Waals surface area contributed by atoms with Crippen molar-refractivity contribution in [2.45, 2.75) is 38.6 Å². The van der Waals surface area contributed by atoms with Crippen molar-refractivity contribution in [2.24, 2.45) is 17.8 Å². The van der Waals surface area contributed by atoms with Crippen LogP contribution in [-0.4, -0.2) is 19.0 Å². The van der Waals surface area contributed by atoms with Crippen molar-refractivity contribution < 1.29 is 4.79 Å². The molecule has 3 heteroatoms. The predicted octanol–water partition coefficient (Wildman–Crippen LogP) is 2.67. The average Bonchev–Trinajstić information content (AvgIpc) is 2.96. The van der Waals surface area contributed by atoms with Crippen LogP contribution < -0.4 is 10.6 Å². The van der Waals surface area contributed by atoms with Crippen LogP contribution in [0.2, 0.25) is 0 Å². The number of hydrogen-bond acceptors (Lipinski definition) is 2. The van der Waals surface area contributed by atoms with E-state index in [0.717, 1.165) is 42.8 Å². The minimum Gasteiger partial charge on any atom is -0.352 e. The molecule has 2 fully saturated rings. The molecule has 1 amide bonds. The molecule has 0 radical (unpaired) electrons. The van der Waals surface area contributed by atoms with E-state index in [1.807, 2.05) is 0 Å². The Hall–Kier alpha value is -1.35. The first-order valence-corrected chi connectivity index (χ1v) is 8.44. The lowest BCUT2D eigenvalue weighted by Crippen LogP contribution is -2.32. The summed E-state index contributed by atoms with van der Waals surface area (Å²) >= 11 is 0. The van der Waals surface area contributed by atoms with Crippen molar-refractivity contribution in [3.63, 3.8) is 0 Å². The Morgan fingerprint density at radius 2 is 2.14 bits per heavy atom. The highest BCUT2D eigenvalue weighted by atomic mass is 16.1. The lowest BCUT2D eigenvalue weighted by Gasteiger charge is -2.23. The maximum atomic E-state index is 12.1. The average molecular weight is 284 g/mol. The van der Waals surface area contributed by atoms with E-state index < -0.39 is 0 Å². The first-order chi connectivity index (χ1) is 10.3. The molecule has 3 atom stereocenters. The van der Waals surface area contributed by atoms with Crippen LogP contribution in [0.5, 0.6) is 0 Å². The van der Waals surface area contributed by atoms with Crippen LogP contribution in [0.1, 0.15) is 53.7 Å². The molecule has 1 aliphatic heterocycles. The van der Waals surface area contributed by atoms with Crippen LogP contribution in [0.15, 0.2) is 18.2 Å². The summed E-state index contributed by atoms with van der Waals surface area (Å²) in [6.45, 7) is 3.94. The van der Waals surface area contributed by atoms with Gasteiger partial charge in [-0.25, -0.2) is 0 Å². The third-order valence-electron chi connectivity index (χ3n) is 5.70. The molecule has 3 aliphatic rings. The summed E-state index contributed by atoms with van der Waals surface area (Å²) in [7, 11) is 0. The van der Waals surface area contributed by atoms with E-state index in [4.69, 9.17) is 0 Å². The maximum Gasteiger partial charge on any atom is 0.251 e. The van der Waals surface area contributed by atoms with Gasteiger partial charge in [0.15, 0.2) is 0 Å². The van der Waals surface area contributed by atoms with Crippen LogP contribution in [-0.2, 0) is 6.42 Å². The molecular formula is C18H24N2O. The van der Waals surface area contributed by atoms with Gasteiger partial charge < -0.3 is 10.6 Å². The zero-order valence-corrected chi connectivity index (χ0v) is 12.7. The molecule has 0 aromatic heterocycles. The van der Waals surface area contributed by atoms with Gasteiger partial charge in [-0.05, 0) is 60.8 Å². The SMILES string of the molecule is CCNC(c1ccc2c(c1)C(=O)NCC2)C1C2CCCC21. The van der Waals surface area contributed by atoms with Gasteiger partial charge in [-0.1, -0.05) is 25.5 Å². The smallest absolute Gasteiger partial charge is 0.251 e. The van der Waals surface area contributed by atoms with Gasteiger partial charge in [0.2, 0.25) is 0 Å². The number of carbonyl (C=O) groups is 1. The Balaban J connectivity index is 1.64. The number of nitrogens with one attached hydrogen (secondary N) is 2. The maximum absolute atomic E-state index is 12.1. The van der Waals surface area contributed by atoms with Crippen molar-refractivity contribution in [1.29, 1.82) is 0 Å². The van der Waals surface area contributed by atoms with Crippen molar-refractivity contribution in [3.05, 3.63) is 34.9 Å². The van der Waals surface area contributed by atoms with Gasteiger partial charge in [-0.3, -0.25) is 4.79 Å². The highest BCUT2D eigenvalue weighted by molar-refractivity contribution is 5.96. The van der Waals surface area contributed by atoms with Gasteiger partial charge in [-0.15, -0.1) is 0 Å². The number of carbonyl (C=O) groups excluding carboxylic acids is 1. The fraction of sp³-hybridized carbons (Fsp3) is 0.611. The zero-order valence-electron chi connectivity index (χ0n) is 12.7. The third kappa shape index (κ3) is 2.18. The Morgan fingerprint density at radius 3 is 2.90 bits per heavy atom. The minimum absolute atomic E-state index is 0.101. The standard InChI is InChI=1S/C18H24N2O/c1-2-19-17(16-13-4-3-5-14(13)16)12-7-6-11-8-9-20-18(21)15(11)10-12/h6-7,10,13-14,16-17,19H,2-5,8-9H2,1H3,(H,20,21). The molecule has 0 spiro atoms. The number of fused-ring (bicyclic) bond motifs is 2. The number of hydrogen-bond donors (Lipinski definition) is 2. The van der Waals surface area contributed by atoms with E-state index in [-0.39, 0.29) is 5.91 Å². The van der Waals surface area contributed by atoms with E-state index in [9.17, 15) is 4.79 Å². The van der Waals surface area contributed by atoms with E-state index in [2.05, 4.69) is 35.8 Å². The summed E-state index contributed by atoms with van der Waals surface area (Å²) < 4.78 is 0. The number of rotatable bonds is 4. The van der Waals surface area contributed by atoms with Crippen LogP contribution in [0, 0.1) is 17.8 Å². The Morgan fingerprint density at radius 1 is 1.33 bits per heavy atom. The summed E-state index contributed by atoms with van der Waals surface area (Å²) in [6, 6.07) is 7.00. The van der Waals surface area contributed by atoms with Crippen LogP contribution in [0.3, 0.4) is 0 Å². The molecule has 2 saturated carbocycles. The molecule has 4 rings (SSSR count). The highest BCUT2D eigenvalue weighted by Crippen LogP contribution is 2.62. The molecule has 1 aromatic carbocycles. The van der Waals surface area contributed by atoms with Crippen LogP contribution in [0.4, 0.5) is 0 Å². The number of benzene rings is 1. The predicted molar refractivity (Wildman–Crippen MR) is 83.2 cm³/mol. The van der Waals surface area contributed by atoms with Crippen LogP contribution >= 0.6 is 0 Å². The topological polar surface area (TPSA) is 41.1 Å². The van der Waals surface area contributed by atoms with Gasteiger partial charge in [-0.2, -0.15) is 0 Å². The Kier molecular flexibility index (Phi) is 3.26. The van der Waals surface area contributed by atoms with Crippen LogP contribution in [0.25, 0.3) is 0 Å². The third-order valence-corrected chi connectivity index (χ3v) is 5.70. The van der Waals surface area contributed by atoms with Crippen molar-refractivity contribution >= 4 is 5.91 Å². The minimum atomic E-state index is 0.101. The van der Waals surface area contributed by atoms with E-state index in [0.29, 0.717) is 6.04 Å². The molecule has 112 valence electrons. The van der Waals surface area contributed by atoms with E-state index in [1.54, 1.807) is 0 Å². The van der Waals surface area contributed by atoms with E-state index >= 15 is 0 Å². The number of amides is 1. The second-order valence-electron chi connectivity index (χ2n) is 6.79. The highest BCUT2D eigenvalue weighted by Gasteiger charge is 2.55. The molecule has 3 nitrogen and oxygen atoms in total.